The topological polar surface area (TPSA) is 63.6 Å². The minimum atomic E-state index is -1.22. The van der Waals surface area contributed by atoms with Gasteiger partial charge < -0.3 is 9.84 Å². The lowest BCUT2D eigenvalue weighted by molar-refractivity contribution is -0.175. The summed E-state index contributed by atoms with van der Waals surface area (Å²) < 4.78 is 5.63. The van der Waals surface area contributed by atoms with Gasteiger partial charge in [-0.3, -0.25) is 9.59 Å². The molecule has 0 aromatic heterocycles. The fourth-order valence-corrected chi connectivity index (χ4v) is 4.63. The number of carbonyl (C=O) groups excluding carboxylic acids is 2. The first-order chi connectivity index (χ1) is 8.51. The molecule has 0 heterocycles. The van der Waals surface area contributed by atoms with Crippen LogP contribution in [0.3, 0.4) is 0 Å². The number of rotatable bonds is 1. The molecule has 0 saturated heterocycles. The summed E-state index contributed by atoms with van der Waals surface area (Å²) in [5.74, 6) is -0.839. The first-order valence-electron chi connectivity index (χ1n) is 6.97. The highest BCUT2D eigenvalue weighted by atomic mass is 16.6. The van der Waals surface area contributed by atoms with Gasteiger partial charge in [0.15, 0.2) is 5.78 Å². The van der Waals surface area contributed by atoms with Crippen LogP contribution in [-0.4, -0.2) is 28.1 Å². The van der Waals surface area contributed by atoms with Crippen LogP contribution in [0.1, 0.15) is 51.9 Å². The van der Waals surface area contributed by atoms with Crippen molar-refractivity contribution in [3.05, 3.63) is 0 Å². The van der Waals surface area contributed by atoms with Crippen LogP contribution in [0.4, 0.5) is 0 Å². The first kappa shape index (κ1) is 12.2. The van der Waals surface area contributed by atoms with Crippen molar-refractivity contribution in [2.45, 2.75) is 63.1 Å². The third-order valence-electron chi connectivity index (χ3n) is 5.19. The Morgan fingerprint density at radius 1 is 1.28 bits per heavy atom. The number of hydrogen-bond donors (Lipinski definition) is 1. The Morgan fingerprint density at radius 2 is 2.06 bits per heavy atom. The Morgan fingerprint density at radius 3 is 2.78 bits per heavy atom. The lowest BCUT2D eigenvalue weighted by atomic mass is 9.72. The molecule has 0 aromatic carbocycles. The molecule has 0 aliphatic heterocycles. The summed E-state index contributed by atoms with van der Waals surface area (Å²) in [6.45, 7) is 1.40. The van der Waals surface area contributed by atoms with E-state index in [1.807, 2.05) is 0 Å². The van der Waals surface area contributed by atoms with E-state index in [1.54, 1.807) is 0 Å². The van der Waals surface area contributed by atoms with E-state index in [0.717, 1.165) is 38.5 Å². The van der Waals surface area contributed by atoms with E-state index in [4.69, 9.17) is 4.74 Å². The third kappa shape index (κ3) is 1.35. The van der Waals surface area contributed by atoms with Crippen molar-refractivity contribution < 1.29 is 19.4 Å². The number of carbonyl (C=O) groups is 2. The first-order valence-corrected chi connectivity index (χ1v) is 6.97. The predicted octanol–water partition coefficient (Wildman–Crippen LogP) is 1.59. The number of Topliss-reactive ketones (excluding diaryl/α,β-unsaturated/α-hetero) is 1. The molecule has 3 rings (SSSR count). The second kappa shape index (κ2) is 3.80. The van der Waals surface area contributed by atoms with E-state index >= 15 is 0 Å². The number of ether oxygens (including phenoxy) is 1. The minimum Gasteiger partial charge on any atom is -0.458 e. The zero-order valence-electron chi connectivity index (χ0n) is 10.8. The fraction of sp³-hybridized carbons (Fsp3) is 0.857. The summed E-state index contributed by atoms with van der Waals surface area (Å²) in [6, 6.07) is 0. The van der Waals surface area contributed by atoms with Gasteiger partial charge in [-0.15, -0.1) is 0 Å². The van der Waals surface area contributed by atoms with Crippen molar-refractivity contribution in [3.8, 4) is 0 Å². The molecule has 1 N–H and O–H groups in total. The highest BCUT2D eigenvalue weighted by Crippen LogP contribution is 2.59. The van der Waals surface area contributed by atoms with Crippen LogP contribution in [0, 0.1) is 11.8 Å². The molecule has 0 unspecified atom stereocenters. The van der Waals surface area contributed by atoms with Crippen molar-refractivity contribution in [1.29, 1.82) is 0 Å². The quantitative estimate of drug-likeness (QED) is 0.720. The monoisotopic (exact) mass is 252 g/mol. The number of ketones is 1. The summed E-state index contributed by atoms with van der Waals surface area (Å²) in [4.78, 5) is 23.9. The molecule has 0 spiro atoms. The zero-order chi connectivity index (χ0) is 13.0. The predicted molar refractivity (Wildman–Crippen MR) is 63.8 cm³/mol. The summed E-state index contributed by atoms with van der Waals surface area (Å²) in [5, 5.41) is 10.7. The summed E-state index contributed by atoms with van der Waals surface area (Å²) in [5.41, 5.74) is -1.92. The maximum Gasteiger partial charge on any atom is 0.303 e. The normalized spacial score (nSPS) is 46.7. The number of hydrogen-bond acceptors (Lipinski definition) is 4. The van der Waals surface area contributed by atoms with Crippen molar-refractivity contribution in [2.75, 3.05) is 0 Å². The molecule has 3 aliphatic rings. The summed E-state index contributed by atoms with van der Waals surface area (Å²) in [7, 11) is 0. The summed E-state index contributed by atoms with van der Waals surface area (Å²) in [6.07, 6.45) is 5.64. The van der Waals surface area contributed by atoms with Gasteiger partial charge in [0, 0.05) is 12.8 Å². The van der Waals surface area contributed by atoms with Gasteiger partial charge in [-0.1, -0.05) is 6.42 Å². The van der Waals surface area contributed by atoms with Gasteiger partial charge in [-0.05, 0) is 38.5 Å². The smallest absolute Gasteiger partial charge is 0.303 e. The molecule has 0 amide bonds. The van der Waals surface area contributed by atoms with Crippen molar-refractivity contribution >= 4 is 11.8 Å². The average molecular weight is 252 g/mol. The van der Waals surface area contributed by atoms with Crippen LogP contribution < -0.4 is 0 Å². The molecule has 100 valence electrons. The molecular weight excluding hydrogens is 232 g/mol. The number of fused-ring (bicyclic) bond motifs is 3. The molecule has 4 nitrogen and oxygen atoms in total. The van der Waals surface area contributed by atoms with E-state index in [9.17, 15) is 14.7 Å². The van der Waals surface area contributed by atoms with Crippen LogP contribution in [0.5, 0.6) is 0 Å². The third-order valence-corrected chi connectivity index (χ3v) is 5.19. The van der Waals surface area contributed by atoms with E-state index in [2.05, 4.69) is 0 Å². The highest BCUT2D eigenvalue weighted by Gasteiger charge is 2.70. The molecule has 0 aromatic rings. The molecule has 3 aliphatic carbocycles. The van der Waals surface area contributed by atoms with Gasteiger partial charge >= 0.3 is 5.97 Å². The standard InChI is InChI=1S/C14H20O4/c1-9(15)18-14-8-3-2-5-10(14)12(16)13(17)7-4-6-11(13)14/h10-11,17H,2-8H2,1H3/t10-,11+,13+,14+/m0/s1. The number of aliphatic hydroxyl groups is 1. The second-order valence-corrected chi connectivity index (χ2v) is 6.08. The van der Waals surface area contributed by atoms with E-state index < -0.39 is 11.2 Å². The Labute approximate surface area is 107 Å². The Hall–Kier alpha value is -0.900. The minimum absolute atomic E-state index is 0.0639. The van der Waals surface area contributed by atoms with E-state index in [-0.39, 0.29) is 23.6 Å². The van der Waals surface area contributed by atoms with Crippen molar-refractivity contribution in [1.82, 2.24) is 0 Å². The van der Waals surface area contributed by atoms with Crippen LogP contribution in [0.2, 0.25) is 0 Å². The second-order valence-electron chi connectivity index (χ2n) is 6.08. The highest BCUT2D eigenvalue weighted by molar-refractivity contribution is 5.94. The maximum absolute atomic E-state index is 12.5. The maximum atomic E-state index is 12.5. The SMILES string of the molecule is CC(=O)O[C@]12CCCC[C@H]1C(=O)[C@@]1(O)CCC[C@@H]21. The lowest BCUT2D eigenvalue weighted by Gasteiger charge is -2.41. The van der Waals surface area contributed by atoms with Crippen LogP contribution in [-0.2, 0) is 14.3 Å². The van der Waals surface area contributed by atoms with Crippen LogP contribution in [0.25, 0.3) is 0 Å². The molecule has 3 saturated carbocycles. The lowest BCUT2D eigenvalue weighted by Crippen LogP contribution is -2.48. The van der Waals surface area contributed by atoms with E-state index in [1.165, 1.54) is 6.92 Å². The largest absolute Gasteiger partial charge is 0.458 e. The summed E-state index contributed by atoms with van der Waals surface area (Å²) >= 11 is 0. The van der Waals surface area contributed by atoms with Crippen LogP contribution >= 0.6 is 0 Å². The van der Waals surface area contributed by atoms with Crippen molar-refractivity contribution in [2.24, 2.45) is 11.8 Å². The molecular formula is C14H20O4. The van der Waals surface area contributed by atoms with Gasteiger partial charge in [-0.2, -0.15) is 0 Å². The average Bonchev–Trinajstić information content (AvgIpc) is 2.77. The molecule has 4 heteroatoms. The van der Waals surface area contributed by atoms with Gasteiger partial charge in [0.2, 0.25) is 0 Å². The number of esters is 1. The fourth-order valence-electron chi connectivity index (χ4n) is 4.63. The molecule has 3 fully saturated rings. The van der Waals surface area contributed by atoms with Crippen LogP contribution in [0.15, 0.2) is 0 Å². The Bertz CT molecular complexity index is 405. The molecule has 4 atom stereocenters. The van der Waals surface area contributed by atoms with Gasteiger partial charge in [0.25, 0.3) is 0 Å². The molecule has 18 heavy (non-hydrogen) atoms. The van der Waals surface area contributed by atoms with Gasteiger partial charge in [-0.25, -0.2) is 0 Å². The van der Waals surface area contributed by atoms with Crippen molar-refractivity contribution in [3.63, 3.8) is 0 Å². The molecule has 0 radical (unpaired) electrons. The molecule has 0 bridgehead atoms. The van der Waals surface area contributed by atoms with E-state index in [0.29, 0.717) is 6.42 Å². The Kier molecular flexibility index (Phi) is 2.56. The van der Waals surface area contributed by atoms with Gasteiger partial charge in [0.1, 0.15) is 11.2 Å². The zero-order valence-corrected chi connectivity index (χ0v) is 10.8. The Balaban J connectivity index is 2.05. The van der Waals surface area contributed by atoms with Gasteiger partial charge in [0.05, 0.1) is 5.92 Å².